The lowest BCUT2D eigenvalue weighted by atomic mass is 10.1. The van der Waals surface area contributed by atoms with Crippen LogP contribution in [0, 0.1) is 6.92 Å². The van der Waals surface area contributed by atoms with Gasteiger partial charge in [0.1, 0.15) is 17.4 Å². The molecule has 0 spiro atoms. The highest BCUT2D eigenvalue weighted by atomic mass is 32.1. The van der Waals surface area contributed by atoms with E-state index in [2.05, 4.69) is 4.98 Å². The average molecular weight is 346 g/mol. The van der Waals surface area contributed by atoms with Crippen molar-refractivity contribution in [3.8, 4) is 5.75 Å². The van der Waals surface area contributed by atoms with E-state index in [1.807, 2.05) is 36.6 Å². The van der Waals surface area contributed by atoms with Crippen LogP contribution >= 0.6 is 11.3 Å². The Morgan fingerprint density at radius 1 is 1.42 bits per heavy atom. The topological polar surface area (TPSA) is 62.7 Å². The number of ether oxygens (including phenoxy) is 1. The molecular weight excluding hydrogens is 324 g/mol. The first kappa shape index (κ1) is 16.9. The van der Waals surface area contributed by atoms with Crippen molar-refractivity contribution in [2.24, 2.45) is 0 Å². The predicted molar refractivity (Wildman–Crippen MR) is 93.1 cm³/mol. The molecule has 2 heterocycles. The van der Waals surface area contributed by atoms with Crippen LogP contribution in [0.15, 0.2) is 29.6 Å². The Hall–Kier alpha value is -1.92. The van der Waals surface area contributed by atoms with Crippen LogP contribution in [0.3, 0.4) is 0 Å². The summed E-state index contributed by atoms with van der Waals surface area (Å²) >= 11 is 1.50. The molecule has 1 N–H and O–H groups in total. The number of piperidine rings is 1. The molecule has 1 unspecified atom stereocenters. The number of hydrogen-bond donors (Lipinski definition) is 1. The summed E-state index contributed by atoms with van der Waals surface area (Å²) in [4.78, 5) is 18.5. The van der Waals surface area contributed by atoms with E-state index in [-0.39, 0.29) is 12.3 Å². The summed E-state index contributed by atoms with van der Waals surface area (Å²) < 4.78 is 5.72. The Kier molecular flexibility index (Phi) is 5.48. The maximum Gasteiger partial charge on any atom is 0.228 e. The van der Waals surface area contributed by atoms with Gasteiger partial charge in [0.05, 0.1) is 18.2 Å². The quantitative estimate of drug-likeness (QED) is 0.904. The molecule has 1 atom stereocenters. The molecule has 0 saturated carbocycles. The number of hydrogen-bond acceptors (Lipinski definition) is 5. The molecule has 128 valence electrons. The second-order valence-corrected chi connectivity index (χ2v) is 7.09. The molecule has 1 aromatic heterocycles. The second-order valence-electron chi connectivity index (χ2n) is 6.15. The van der Waals surface area contributed by atoms with Crippen LogP contribution in [0.1, 0.15) is 29.1 Å². The summed E-state index contributed by atoms with van der Waals surface area (Å²) in [7, 11) is 0. The van der Waals surface area contributed by atoms with E-state index in [1.165, 1.54) is 16.9 Å². The SMILES string of the molecule is Cc1ccc(OCc2nc(CC(=O)N3CCCC(O)C3)cs2)cc1. The molecule has 0 aliphatic carbocycles. The summed E-state index contributed by atoms with van der Waals surface area (Å²) in [6, 6.07) is 7.90. The molecule has 1 aliphatic rings. The normalized spacial score (nSPS) is 17.8. The molecule has 1 fully saturated rings. The lowest BCUT2D eigenvalue weighted by Gasteiger charge is -2.29. The molecule has 3 rings (SSSR count). The van der Waals surface area contributed by atoms with Gasteiger partial charge in [0.25, 0.3) is 0 Å². The van der Waals surface area contributed by atoms with Gasteiger partial charge in [-0.15, -0.1) is 11.3 Å². The van der Waals surface area contributed by atoms with Gasteiger partial charge in [0, 0.05) is 18.5 Å². The zero-order valence-electron chi connectivity index (χ0n) is 13.8. The van der Waals surface area contributed by atoms with Gasteiger partial charge in [-0.25, -0.2) is 4.98 Å². The molecule has 0 radical (unpaired) electrons. The molecular formula is C18H22N2O3S. The van der Waals surface area contributed by atoms with Crippen LogP contribution in [0.2, 0.25) is 0 Å². The van der Waals surface area contributed by atoms with Gasteiger partial charge in [-0.3, -0.25) is 4.79 Å². The number of amides is 1. The number of aryl methyl sites for hydroxylation is 1. The van der Waals surface area contributed by atoms with E-state index in [4.69, 9.17) is 4.74 Å². The Morgan fingerprint density at radius 2 is 2.21 bits per heavy atom. The highest BCUT2D eigenvalue weighted by Crippen LogP contribution is 2.17. The minimum absolute atomic E-state index is 0.0325. The monoisotopic (exact) mass is 346 g/mol. The summed E-state index contributed by atoms with van der Waals surface area (Å²) in [5.74, 6) is 0.848. The number of nitrogens with zero attached hydrogens (tertiary/aromatic N) is 2. The standard InChI is InChI=1S/C18H22N2O3S/c1-13-4-6-16(7-5-13)23-11-17-19-14(12-24-17)9-18(22)20-8-2-3-15(21)10-20/h4-7,12,15,21H,2-3,8-11H2,1H3. The number of carbonyl (C=O) groups excluding carboxylic acids is 1. The molecule has 6 heteroatoms. The lowest BCUT2D eigenvalue weighted by Crippen LogP contribution is -2.42. The van der Waals surface area contributed by atoms with E-state index in [0.29, 0.717) is 13.2 Å². The van der Waals surface area contributed by atoms with E-state index in [1.54, 1.807) is 4.90 Å². The Bertz CT molecular complexity index is 684. The fourth-order valence-corrected chi connectivity index (χ4v) is 3.43. The van der Waals surface area contributed by atoms with Crippen LogP contribution in [0.4, 0.5) is 0 Å². The number of carbonyl (C=O) groups is 1. The number of aliphatic hydroxyl groups is 1. The van der Waals surface area contributed by atoms with E-state index in [0.717, 1.165) is 35.8 Å². The van der Waals surface area contributed by atoms with E-state index in [9.17, 15) is 9.90 Å². The number of likely N-dealkylation sites (tertiary alicyclic amines) is 1. The molecule has 1 aliphatic heterocycles. The van der Waals surface area contributed by atoms with Crippen molar-refractivity contribution in [2.75, 3.05) is 13.1 Å². The summed E-state index contributed by atoms with van der Waals surface area (Å²) in [6.45, 7) is 3.61. The van der Waals surface area contributed by atoms with Crippen molar-refractivity contribution in [1.82, 2.24) is 9.88 Å². The maximum absolute atomic E-state index is 12.3. The van der Waals surface area contributed by atoms with Crippen LogP contribution < -0.4 is 4.74 Å². The smallest absolute Gasteiger partial charge is 0.228 e. The van der Waals surface area contributed by atoms with E-state index >= 15 is 0 Å². The first-order chi connectivity index (χ1) is 11.6. The summed E-state index contributed by atoms with van der Waals surface area (Å²) in [5.41, 5.74) is 1.97. The van der Waals surface area contributed by atoms with Crippen LogP contribution in [0.5, 0.6) is 5.75 Å². The Balaban J connectivity index is 1.51. The molecule has 1 aromatic carbocycles. The maximum atomic E-state index is 12.3. The molecule has 24 heavy (non-hydrogen) atoms. The van der Waals surface area contributed by atoms with Gasteiger partial charge in [-0.2, -0.15) is 0 Å². The number of aromatic nitrogens is 1. The highest BCUT2D eigenvalue weighted by molar-refractivity contribution is 7.09. The fourth-order valence-electron chi connectivity index (χ4n) is 2.72. The van der Waals surface area contributed by atoms with Crippen molar-refractivity contribution < 1.29 is 14.6 Å². The van der Waals surface area contributed by atoms with Crippen molar-refractivity contribution >= 4 is 17.2 Å². The summed E-state index contributed by atoms with van der Waals surface area (Å²) in [6.07, 6.45) is 1.53. The highest BCUT2D eigenvalue weighted by Gasteiger charge is 2.22. The minimum Gasteiger partial charge on any atom is -0.486 e. The number of thiazole rings is 1. The van der Waals surface area contributed by atoms with Gasteiger partial charge in [0.2, 0.25) is 5.91 Å². The zero-order chi connectivity index (χ0) is 16.9. The van der Waals surface area contributed by atoms with Crippen molar-refractivity contribution in [3.63, 3.8) is 0 Å². The zero-order valence-corrected chi connectivity index (χ0v) is 14.6. The van der Waals surface area contributed by atoms with Crippen molar-refractivity contribution in [3.05, 3.63) is 45.9 Å². The third-order valence-corrected chi connectivity index (χ3v) is 4.94. The molecule has 2 aromatic rings. The van der Waals surface area contributed by atoms with Gasteiger partial charge < -0.3 is 14.7 Å². The van der Waals surface area contributed by atoms with Gasteiger partial charge in [-0.05, 0) is 31.9 Å². The van der Waals surface area contributed by atoms with Crippen molar-refractivity contribution in [1.29, 1.82) is 0 Å². The number of β-amino-alcohol motifs (C(OH)–C–C–N with tert-alkyl or cyclic N) is 1. The molecule has 1 saturated heterocycles. The van der Waals surface area contributed by atoms with Crippen LogP contribution in [0.25, 0.3) is 0 Å². The summed E-state index contributed by atoms with van der Waals surface area (Å²) in [5, 5.41) is 12.4. The molecule has 1 amide bonds. The fraction of sp³-hybridized carbons (Fsp3) is 0.444. The molecule has 5 nitrogen and oxygen atoms in total. The van der Waals surface area contributed by atoms with Gasteiger partial charge in [-0.1, -0.05) is 17.7 Å². The number of rotatable bonds is 5. The van der Waals surface area contributed by atoms with E-state index < -0.39 is 6.10 Å². The van der Waals surface area contributed by atoms with Gasteiger partial charge >= 0.3 is 0 Å². The second kappa shape index (κ2) is 7.77. The Morgan fingerprint density at radius 3 is 2.96 bits per heavy atom. The minimum atomic E-state index is -0.392. The van der Waals surface area contributed by atoms with Gasteiger partial charge in [0.15, 0.2) is 0 Å². The number of aliphatic hydroxyl groups excluding tert-OH is 1. The largest absolute Gasteiger partial charge is 0.486 e. The van der Waals surface area contributed by atoms with Crippen LogP contribution in [-0.4, -0.2) is 40.1 Å². The van der Waals surface area contributed by atoms with Crippen LogP contribution in [-0.2, 0) is 17.8 Å². The number of benzene rings is 1. The first-order valence-electron chi connectivity index (χ1n) is 8.19. The molecule has 0 bridgehead atoms. The third-order valence-electron chi connectivity index (χ3n) is 4.06. The third kappa shape index (κ3) is 4.55. The Labute approximate surface area is 145 Å². The lowest BCUT2D eigenvalue weighted by molar-refractivity contribution is -0.133. The van der Waals surface area contributed by atoms with Crippen molar-refractivity contribution in [2.45, 2.75) is 38.9 Å². The average Bonchev–Trinajstić information content (AvgIpc) is 3.02. The predicted octanol–water partition coefficient (Wildman–Crippen LogP) is 2.56. The first-order valence-corrected chi connectivity index (χ1v) is 9.07.